The molecule has 0 aliphatic carbocycles. The largest absolute Gasteiger partial charge is 1.00 e. The van der Waals surface area contributed by atoms with E-state index in [9.17, 15) is 8.42 Å². The number of halogens is 1. The van der Waals surface area contributed by atoms with Crippen LogP contribution in [0.1, 0.15) is 51.0 Å². The molecular formula is C16H25ClNNaO2S. The van der Waals surface area contributed by atoms with Crippen molar-refractivity contribution in [3.05, 3.63) is 46.7 Å². The summed E-state index contributed by atoms with van der Waals surface area (Å²) in [4.78, 5) is 0.114. The Morgan fingerprint density at radius 3 is 2.14 bits per heavy atom. The number of hydrogen-bond acceptors (Lipinski definition) is 2. The summed E-state index contributed by atoms with van der Waals surface area (Å²) in [6, 6.07) is 6.32. The normalized spacial score (nSPS) is 10.1. The van der Waals surface area contributed by atoms with E-state index in [0.29, 0.717) is 0 Å². The molecule has 6 heteroatoms. The van der Waals surface area contributed by atoms with Crippen LogP contribution in [0.15, 0.2) is 41.8 Å². The van der Waals surface area contributed by atoms with E-state index in [-0.39, 0.29) is 34.5 Å². The van der Waals surface area contributed by atoms with Crippen LogP contribution in [0.5, 0.6) is 0 Å². The minimum absolute atomic E-state index is 0. The zero-order valence-corrected chi connectivity index (χ0v) is 17.5. The van der Waals surface area contributed by atoms with Crippen LogP contribution in [0, 0.1) is 6.92 Å². The zero-order valence-electron chi connectivity index (χ0n) is 13.9. The van der Waals surface area contributed by atoms with Gasteiger partial charge in [0.15, 0.2) is 0 Å². The fourth-order valence-electron chi connectivity index (χ4n) is 1.64. The molecule has 0 N–H and O–H groups in total. The smallest absolute Gasteiger partial charge is 0.458 e. The molecule has 0 aromatic heterocycles. The van der Waals surface area contributed by atoms with Crippen LogP contribution in [-0.2, 0) is 10.0 Å². The number of sulfonamides is 1. The fraction of sp³-hybridized carbons (Fsp3) is 0.500. The van der Waals surface area contributed by atoms with Gasteiger partial charge in [0.1, 0.15) is 10.0 Å². The van der Waals surface area contributed by atoms with E-state index < -0.39 is 10.0 Å². The van der Waals surface area contributed by atoms with Gasteiger partial charge in [-0.05, 0) is 31.9 Å². The van der Waals surface area contributed by atoms with Gasteiger partial charge < -0.3 is 4.24 Å². The van der Waals surface area contributed by atoms with Crippen LogP contribution >= 0.6 is 11.8 Å². The summed E-state index contributed by atoms with van der Waals surface area (Å²) in [5, 5.41) is 0. The second kappa shape index (κ2) is 14.7. The summed E-state index contributed by atoms with van der Waals surface area (Å²) in [6.07, 6.45) is 10.1. The molecule has 120 valence electrons. The third-order valence-electron chi connectivity index (χ3n) is 2.92. The molecule has 1 rings (SSSR count). The van der Waals surface area contributed by atoms with Crippen molar-refractivity contribution in [2.24, 2.45) is 0 Å². The Morgan fingerprint density at radius 1 is 1.14 bits per heavy atom. The van der Waals surface area contributed by atoms with Crippen LogP contribution in [0.25, 0.3) is 4.24 Å². The number of nitrogens with zero attached hydrogens (tertiary/aromatic N) is 1. The molecule has 0 aliphatic heterocycles. The van der Waals surface area contributed by atoms with Gasteiger partial charge in [0, 0.05) is 4.90 Å². The Hall–Kier alpha value is 0.160. The van der Waals surface area contributed by atoms with Crippen molar-refractivity contribution >= 4 is 21.8 Å². The number of hydrogen-bond donors (Lipinski definition) is 0. The number of rotatable bonds is 8. The average Bonchev–Trinajstić information content (AvgIpc) is 2.48. The van der Waals surface area contributed by atoms with Gasteiger partial charge >= 0.3 is 29.6 Å². The molecule has 0 saturated heterocycles. The number of unbranched alkanes of at least 4 members (excludes halogenated alkanes) is 5. The molecule has 0 spiro atoms. The Labute approximate surface area is 163 Å². The maximum atomic E-state index is 11.0. The van der Waals surface area contributed by atoms with Gasteiger partial charge in [-0.25, -0.2) is 8.42 Å². The first kappa shape index (κ1) is 24.4. The summed E-state index contributed by atoms with van der Waals surface area (Å²) in [6.45, 7) is 7.79. The molecule has 0 unspecified atom stereocenters. The van der Waals surface area contributed by atoms with E-state index in [0.717, 1.165) is 5.56 Å². The van der Waals surface area contributed by atoms with Gasteiger partial charge in [-0.3, -0.25) is 11.8 Å². The fourth-order valence-corrected chi connectivity index (χ4v) is 2.44. The van der Waals surface area contributed by atoms with Crippen molar-refractivity contribution < 1.29 is 38.0 Å². The van der Waals surface area contributed by atoms with Crippen molar-refractivity contribution in [2.75, 3.05) is 0 Å². The van der Waals surface area contributed by atoms with Gasteiger partial charge in [0.2, 0.25) is 0 Å². The van der Waals surface area contributed by atoms with Crippen LogP contribution < -0.4 is 29.6 Å². The van der Waals surface area contributed by atoms with Gasteiger partial charge in [-0.15, -0.1) is 6.58 Å². The van der Waals surface area contributed by atoms with Crippen molar-refractivity contribution in [3.63, 3.8) is 0 Å². The van der Waals surface area contributed by atoms with Gasteiger partial charge in [0.05, 0.1) is 0 Å². The molecule has 0 amide bonds. The number of benzene rings is 1. The van der Waals surface area contributed by atoms with Crippen LogP contribution in [-0.4, -0.2) is 8.42 Å². The van der Waals surface area contributed by atoms with Crippen LogP contribution in [0.4, 0.5) is 0 Å². The summed E-state index contributed by atoms with van der Waals surface area (Å²) < 4.78 is 24.8. The van der Waals surface area contributed by atoms with Crippen molar-refractivity contribution in [1.29, 1.82) is 0 Å². The minimum atomic E-state index is -3.62. The molecule has 0 saturated carbocycles. The van der Waals surface area contributed by atoms with Crippen molar-refractivity contribution in [3.8, 4) is 0 Å². The van der Waals surface area contributed by atoms with Crippen molar-refractivity contribution in [2.45, 2.75) is 57.3 Å². The molecular weight excluding hydrogens is 329 g/mol. The van der Waals surface area contributed by atoms with E-state index in [4.69, 9.17) is 11.8 Å². The first-order valence-electron chi connectivity index (χ1n) is 7.23. The molecule has 3 nitrogen and oxygen atoms in total. The Bertz CT molecular complexity index is 489. The first-order valence-corrected chi connectivity index (χ1v) is 9.01. The van der Waals surface area contributed by atoms with Crippen molar-refractivity contribution in [1.82, 2.24) is 0 Å². The third kappa shape index (κ3) is 11.7. The number of allylic oxidation sites excluding steroid dienone is 1. The summed E-state index contributed by atoms with van der Waals surface area (Å²) >= 11 is 4.90. The van der Waals surface area contributed by atoms with E-state index in [1.54, 1.807) is 12.1 Å². The summed E-state index contributed by atoms with van der Waals surface area (Å²) in [5.41, 5.74) is 0.989. The van der Waals surface area contributed by atoms with E-state index in [1.165, 1.54) is 50.7 Å². The molecule has 0 aliphatic rings. The summed E-state index contributed by atoms with van der Waals surface area (Å²) in [7, 11) is -3.62. The first-order chi connectivity index (χ1) is 9.97. The standard InChI is InChI=1S/C9H18.C7H7ClNO2S.Na/c1-3-5-7-9-8-6-4-2;1-6-2-4-7(5-3-6)12(10,11)9-8;/h3H,1,4-9H2,2H3;2-5H,1H3;/q;-1;+1. The predicted octanol–water partition coefficient (Wildman–Crippen LogP) is 2.75. The van der Waals surface area contributed by atoms with Crippen LogP contribution in [0.3, 0.4) is 0 Å². The molecule has 0 bridgehead atoms. The molecule has 22 heavy (non-hydrogen) atoms. The molecule has 0 fully saturated rings. The van der Waals surface area contributed by atoms with Gasteiger partial charge in [-0.2, -0.15) is 0 Å². The van der Waals surface area contributed by atoms with Crippen LogP contribution in [0.2, 0.25) is 0 Å². The molecule has 0 heterocycles. The van der Waals surface area contributed by atoms with Gasteiger partial charge in [-0.1, -0.05) is 56.4 Å². The topological polar surface area (TPSA) is 48.2 Å². The predicted molar refractivity (Wildman–Crippen MR) is 91.1 cm³/mol. The molecule has 1 aromatic carbocycles. The minimum Gasteiger partial charge on any atom is -0.458 e. The van der Waals surface area contributed by atoms with Gasteiger partial charge in [0.25, 0.3) is 0 Å². The molecule has 1 aromatic rings. The maximum Gasteiger partial charge on any atom is 1.00 e. The Kier molecular flexibility index (Phi) is 16.3. The quantitative estimate of drug-likeness (QED) is 0.410. The third-order valence-corrected chi connectivity index (χ3v) is 4.52. The monoisotopic (exact) mass is 353 g/mol. The zero-order chi connectivity index (χ0) is 16.1. The average molecular weight is 354 g/mol. The molecule has 0 atom stereocenters. The maximum absolute atomic E-state index is 11.0. The second-order valence-electron chi connectivity index (χ2n) is 4.85. The van der Waals surface area contributed by atoms with E-state index in [2.05, 4.69) is 17.7 Å². The van der Waals surface area contributed by atoms with E-state index in [1.807, 2.05) is 13.0 Å². The SMILES string of the molecule is C=CCCCCCCC.Cc1ccc(S(=O)(=O)[N-]Cl)cc1.[Na+]. The Morgan fingerprint density at radius 2 is 1.68 bits per heavy atom. The van der Waals surface area contributed by atoms with E-state index >= 15 is 0 Å². The molecule has 0 radical (unpaired) electrons. The summed E-state index contributed by atoms with van der Waals surface area (Å²) in [5.74, 6) is 0. The second-order valence-corrected chi connectivity index (χ2v) is 6.82. The number of aryl methyl sites for hydroxylation is 1. The Balaban J connectivity index is 0.